The summed E-state index contributed by atoms with van der Waals surface area (Å²) in [6, 6.07) is 4.75. The molecular weight excluding hydrogens is 278 g/mol. The van der Waals surface area contributed by atoms with Crippen LogP contribution in [0.5, 0.6) is 0 Å². The first-order valence-electron chi connectivity index (χ1n) is 6.26. The molecule has 6 heteroatoms. The van der Waals surface area contributed by atoms with Crippen LogP contribution < -0.4 is 10.6 Å². The molecular formula is C13H15N3OS2. The number of thiophene rings is 1. The van der Waals surface area contributed by atoms with Crippen LogP contribution in [0.25, 0.3) is 10.6 Å². The van der Waals surface area contributed by atoms with E-state index in [9.17, 15) is 4.79 Å². The molecule has 100 valence electrons. The summed E-state index contributed by atoms with van der Waals surface area (Å²) in [6.45, 7) is 2.13. The first kappa shape index (κ1) is 12.6. The highest BCUT2D eigenvalue weighted by molar-refractivity contribution is 7.17. The number of rotatable bonds is 5. The zero-order valence-corrected chi connectivity index (χ0v) is 12.2. The van der Waals surface area contributed by atoms with Gasteiger partial charge in [-0.3, -0.25) is 4.79 Å². The van der Waals surface area contributed by atoms with Crippen molar-refractivity contribution in [3.05, 3.63) is 22.4 Å². The average Bonchev–Trinajstić information content (AvgIpc) is 2.90. The van der Waals surface area contributed by atoms with E-state index in [1.165, 1.54) is 19.8 Å². The molecule has 2 heterocycles. The third-order valence-corrected chi connectivity index (χ3v) is 4.72. The van der Waals surface area contributed by atoms with Gasteiger partial charge < -0.3 is 10.6 Å². The van der Waals surface area contributed by atoms with Gasteiger partial charge in [0, 0.05) is 23.2 Å². The Morgan fingerprint density at radius 3 is 3.05 bits per heavy atom. The molecule has 0 spiro atoms. The number of anilines is 1. The van der Waals surface area contributed by atoms with Gasteiger partial charge in [-0.1, -0.05) is 0 Å². The molecule has 0 aromatic carbocycles. The summed E-state index contributed by atoms with van der Waals surface area (Å²) in [6.07, 6.45) is 2.52. The van der Waals surface area contributed by atoms with Crippen LogP contribution in [-0.2, 0) is 11.3 Å². The number of hydrogen-bond donors (Lipinski definition) is 2. The fourth-order valence-corrected chi connectivity index (χ4v) is 3.45. The van der Waals surface area contributed by atoms with E-state index in [1.54, 1.807) is 22.7 Å². The van der Waals surface area contributed by atoms with Crippen molar-refractivity contribution in [2.45, 2.75) is 32.4 Å². The maximum atomic E-state index is 10.9. The SMILES string of the molecule is CC(=O)NCc1ccc(-c2csc(NC3CC3)n2)s1. The minimum Gasteiger partial charge on any atom is -0.359 e. The topological polar surface area (TPSA) is 54.0 Å². The van der Waals surface area contributed by atoms with Crippen molar-refractivity contribution < 1.29 is 4.79 Å². The van der Waals surface area contributed by atoms with Crippen molar-refractivity contribution in [3.8, 4) is 10.6 Å². The summed E-state index contributed by atoms with van der Waals surface area (Å²) in [4.78, 5) is 17.8. The maximum absolute atomic E-state index is 10.9. The second-order valence-corrected chi connectivity index (χ2v) is 6.66. The number of nitrogens with one attached hydrogen (secondary N) is 2. The van der Waals surface area contributed by atoms with Crippen molar-refractivity contribution in [2.75, 3.05) is 5.32 Å². The van der Waals surface area contributed by atoms with Crippen LogP contribution in [0.15, 0.2) is 17.5 Å². The van der Waals surface area contributed by atoms with Crippen LogP contribution in [0.4, 0.5) is 5.13 Å². The molecule has 1 aliphatic carbocycles. The van der Waals surface area contributed by atoms with Crippen LogP contribution in [0.3, 0.4) is 0 Å². The van der Waals surface area contributed by atoms with Gasteiger partial charge in [0.2, 0.25) is 5.91 Å². The van der Waals surface area contributed by atoms with E-state index in [0.717, 1.165) is 20.6 Å². The third kappa shape index (κ3) is 3.33. The zero-order chi connectivity index (χ0) is 13.2. The molecule has 2 aromatic rings. The second kappa shape index (κ2) is 5.30. The summed E-state index contributed by atoms with van der Waals surface area (Å²) in [5.74, 6) is -0.000437. The minimum atomic E-state index is -0.000437. The second-order valence-electron chi connectivity index (χ2n) is 4.63. The minimum absolute atomic E-state index is 0.000437. The van der Waals surface area contributed by atoms with Crippen LogP contribution in [-0.4, -0.2) is 16.9 Å². The van der Waals surface area contributed by atoms with E-state index in [2.05, 4.69) is 27.1 Å². The highest BCUT2D eigenvalue weighted by atomic mass is 32.1. The molecule has 0 bridgehead atoms. The number of thiazole rings is 1. The Kier molecular flexibility index (Phi) is 3.52. The van der Waals surface area contributed by atoms with E-state index in [1.807, 2.05) is 6.07 Å². The Morgan fingerprint density at radius 1 is 1.47 bits per heavy atom. The Balaban J connectivity index is 1.67. The molecule has 3 rings (SSSR count). The summed E-state index contributed by atoms with van der Waals surface area (Å²) in [5.41, 5.74) is 1.02. The molecule has 19 heavy (non-hydrogen) atoms. The lowest BCUT2D eigenvalue weighted by atomic mass is 10.3. The van der Waals surface area contributed by atoms with Gasteiger partial charge in [0.25, 0.3) is 0 Å². The van der Waals surface area contributed by atoms with Crippen LogP contribution >= 0.6 is 22.7 Å². The number of amides is 1. The molecule has 4 nitrogen and oxygen atoms in total. The van der Waals surface area contributed by atoms with Gasteiger partial charge in [0.05, 0.1) is 17.1 Å². The van der Waals surface area contributed by atoms with E-state index in [4.69, 9.17) is 0 Å². The zero-order valence-electron chi connectivity index (χ0n) is 10.6. The Bertz CT molecular complexity index is 586. The van der Waals surface area contributed by atoms with Gasteiger partial charge >= 0.3 is 0 Å². The number of aromatic nitrogens is 1. The molecule has 0 atom stereocenters. The fraction of sp³-hybridized carbons (Fsp3) is 0.385. The summed E-state index contributed by atoms with van der Waals surface area (Å²) in [7, 11) is 0. The highest BCUT2D eigenvalue weighted by Crippen LogP contribution is 2.32. The Morgan fingerprint density at radius 2 is 2.32 bits per heavy atom. The summed E-state index contributed by atoms with van der Waals surface area (Å²) >= 11 is 3.33. The quantitative estimate of drug-likeness (QED) is 0.890. The van der Waals surface area contributed by atoms with Gasteiger partial charge in [0.15, 0.2) is 5.13 Å². The lowest BCUT2D eigenvalue weighted by Gasteiger charge is -1.97. The van der Waals surface area contributed by atoms with Gasteiger partial charge in [-0.25, -0.2) is 4.98 Å². The molecule has 2 aromatic heterocycles. The van der Waals surface area contributed by atoms with E-state index >= 15 is 0 Å². The molecule has 0 radical (unpaired) electrons. The molecule has 0 saturated heterocycles. The van der Waals surface area contributed by atoms with Gasteiger partial charge in [-0.15, -0.1) is 22.7 Å². The molecule has 1 amide bonds. The first-order valence-corrected chi connectivity index (χ1v) is 7.96. The van der Waals surface area contributed by atoms with Crippen LogP contribution in [0.1, 0.15) is 24.6 Å². The summed E-state index contributed by atoms with van der Waals surface area (Å²) < 4.78 is 0. The van der Waals surface area contributed by atoms with Crippen molar-refractivity contribution in [2.24, 2.45) is 0 Å². The largest absolute Gasteiger partial charge is 0.359 e. The van der Waals surface area contributed by atoms with Gasteiger partial charge in [-0.05, 0) is 25.0 Å². The van der Waals surface area contributed by atoms with Crippen molar-refractivity contribution in [3.63, 3.8) is 0 Å². The van der Waals surface area contributed by atoms with Gasteiger partial charge in [0.1, 0.15) is 0 Å². The number of nitrogens with zero attached hydrogens (tertiary/aromatic N) is 1. The van der Waals surface area contributed by atoms with Crippen molar-refractivity contribution in [1.29, 1.82) is 0 Å². The standard InChI is InChI=1S/C13H15N3OS2/c1-8(17)14-6-10-4-5-12(19-10)11-7-18-13(16-11)15-9-2-3-9/h4-5,7,9H,2-3,6H2,1H3,(H,14,17)(H,15,16). The highest BCUT2D eigenvalue weighted by Gasteiger charge is 2.22. The molecule has 1 aliphatic rings. The van der Waals surface area contributed by atoms with Crippen molar-refractivity contribution >= 4 is 33.7 Å². The number of carbonyl (C=O) groups excluding carboxylic acids is 1. The normalized spacial score (nSPS) is 14.4. The summed E-state index contributed by atoms with van der Waals surface area (Å²) in [5, 5.41) is 9.31. The first-order chi connectivity index (χ1) is 9.20. The lowest BCUT2D eigenvalue weighted by Crippen LogP contribution is -2.17. The van der Waals surface area contributed by atoms with Crippen LogP contribution in [0.2, 0.25) is 0 Å². The maximum Gasteiger partial charge on any atom is 0.217 e. The Hall–Kier alpha value is -1.40. The Labute approximate surface area is 119 Å². The predicted octanol–water partition coefficient (Wildman–Crippen LogP) is 3.08. The molecule has 2 N–H and O–H groups in total. The molecule has 0 aliphatic heterocycles. The van der Waals surface area contributed by atoms with E-state index in [0.29, 0.717) is 12.6 Å². The smallest absolute Gasteiger partial charge is 0.217 e. The fourth-order valence-electron chi connectivity index (χ4n) is 1.68. The predicted molar refractivity (Wildman–Crippen MR) is 79.6 cm³/mol. The van der Waals surface area contributed by atoms with E-state index in [-0.39, 0.29) is 5.91 Å². The molecule has 0 unspecified atom stereocenters. The lowest BCUT2D eigenvalue weighted by molar-refractivity contribution is -0.119. The average molecular weight is 293 g/mol. The third-order valence-electron chi connectivity index (χ3n) is 2.83. The number of carbonyl (C=O) groups is 1. The van der Waals surface area contributed by atoms with Gasteiger partial charge in [-0.2, -0.15) is 0 Å². The van der Waals surface area contributed by atoms with E-state index < -0.39 is 0 Å². The molecule has 1 fully saturated rings. The monoisotopic (exact) mass is 293 g/mol. The molecule has 1 saturated carbocycles. The van der Waals surface area contributed by atoms with Crippen molar-refractivity contribution in [1.82, 2.24) is 10.3 Å². The van der Waals surface area contributed by atoms with Crippen LogP contribution in [0, 0.1) is 0 Å². The number of hydrogen-bond acceptors (Lipinski definition) is 5.